The van der Waals surface area contributed by atoms with Crippen molar-refractivity contribution >= 4 is 5.97 Å². The van der Waals surface area contributed by atoms with Gasteiger partial charge in [-0.2, -0.15) is 0 Å². The Hall–Kier alpha value is -1.39. The average molecular weight is 262 g/mol. The first-order valence-corrected chi connectivity index (χ1v) is 6.89. The molecule has 2 N–H and O–H groups in total. The first-order chi connectivity index (χ1) is 9.19. The molecule has 0 aromatic heterocycles. The maximum atomic E-state index is 11.8. The molecule has 0 saturated carbocycles. The molecule has 0 spiro atoms. The van der Waals surface area contributed by atoms with Crippen LogP contribution in [0.1, 0.15) is 24.8 Å². The number of nitrogens with zero attached hydrogens (tertiary/aromatic N) is 1. The quantitative estimate of drug-likeness (QED) is 0.847. The fraction of sp³-hybridized carbons (Fsp3) is 0.533. The van der Waals surface area contributed by atoms with Crippen LogP contribution in [0.15, 0.2) is 30.3 Å². The Kier molecular flexibility index (Phi) is 4.56. The van der Waals surface area contributed by atoms with Gasteiger partial charge in [-0.1, -0.05) is 36.8 Å². The van der Waals surface area contributed by atoms with Crippen molar-refractivity contribution in [3.05, 3.63) is 35.9 Å². The van der Waals surface area contributed by atoms with Gasteiger partial charge in [0.25, 0.3) is 0 Å². The molecule has 19 heavy (non-hydrogen) atoms. The van der Waals surface area contributed by atoms with Gasteiger partial charge in [0, 0.05) is 6.54 Å². The third-order valence-electron chi connectivity index (χ3n) is 3.97. The summed E-state index contributed by atoms with van der Waals surface area (Å²) in [5.41, 5.74) is -0.200. The minimum Gasteiger partial charge on any atom is -0.480 e. The molecular formula is C15H22N2O2. The molecule has 104 valence electrons. The summed E-state index contributed by atoms with van der Waals surface area (Å²) in [5.74, 6) is -0.813. The normalized spacial score (nSPS) is 19.8. The summed E-state index contributed by atoms with van der Waals surface area (Å²) >= 11 is 0. The number of rotatable bonds is 5. The lowest BCUT2D eigenvalue weighted by molar-refractivity contribution is -0.146. The van der Waals surface area contributed by atoms with E-state index in [4.69, 9.17) is 0 Å². The van der Waals surface area contributed by atoms with Gasteiger partial charge in [-0.25, -0.2) is 4.79 Å². The molecule has 1 aliphatic rings. The Balaban J connectivity index is 2.26. The van der Waals surface area contributed by atoms with Gasteiger partial charge in [0.1, 0.15) is 0 Å². The van der Waals surface area contributed by atoms with Crippen molar-refractivity contribution in [1.29, 1.82) is 0 Å². The summed E-state index contributed by atoms with van der Waals surface area (Å²) < 4.78 is 0. The van der Waals surface area contributed by atoms with E-state index < -0.39 is 11.5 Å². The van der Waals surface area contributed by atoms with E-state index in [1.54, 1.807) is 7.05 Å². The van der Waals surface area contributed by atoms with Gasteiger partial charge in [-0.05, 0) is 38.5 Å². The number of hydrogen-bond donors (Lipinski definition) is 2. The highest BCUT2D eigenvalue weighted by molar-refractivity contribution is 5.81. The third-order valence-corrected chi connectivity index (χ3v) is 3.97. The zero-order valence-electron chi connectivity index (χ0n) is 11.4. The number of carboxylic acid groups (broad SMARTS) is 1. The smallest absolute Gasteiger partial charge is 0.329 e. The maximum absolute atomic E-state index is 11.8. The third kappa shape index (κ3) is 2.96. The summed E-state index contributed by atoms with van der Waals surface area (Å²) in [6, 6.07) is 9.46. The Labute approximate surface area is 114 Å². The van der Waals surface area contributed by atoms with Crippen molar-refractivity contribution in [2.24, 2.45) is 0 Å². The van der Waals surface area contributed by atoms with E-state index in [0.29, 0.717) is 6.54 Å². The summed E-state index contributed by atoms with van der Waals surface area (Å²) in [4.78, 5) is 14.1. The van der Waals surface area contributed by atoms with E-state index >= 15 is 0 Å². The molecule has 1 aliphatic heterocycles. The van der Waals surface area contributed by atoms with Crippen LogP contribution < -0.4 is 5.32 Å². The molecule has 1 heterocycles. The Morgan fingerprint density at radius 3 is 2.42 bits per heavy atom. The fourth-order valence-corrected chi connectivity index (χ4v) is 2.79. The largest absolute Gasteiger partial charge is 0.480 e. The predicted molar refractivity (Wildman–Crippen MR) is 75.1 cm³/mol. The van der Waals surface area contributed by atoms with Crippen LogP contribution >= 0.6 is 0 Å². The van der Waals surface area contributed by atoms with Crippen molar-refractivity contribution in [2.75, 3.05) is 26.7 Å². The van der Waals surface area contributed by atoms with E-state index in [9.17, 15) is 9.90 Å². The maximum Gasteiger partial charge on any atom is 0.329 e. The van der Waals surface area contributed by atoms with Crippen LogP contribution in [0, 0.1) is 0 Å². The second-order valence-corrected chi connectivity index (χ2v) is 5.16. The van der Waals surface area contributed by atoms with Crippen LogP contribution in [0.5, 0.6) is 0 Å². The van der Waals surface area contributed by atoms with Crippen LogP contribution in [0.3, 0.4) is 0 Å². The van der Waals surface area contributed by atoms with Gasteiger partial charge in [0.2, 0.25) is 0 Å². The van der Waals surface area contributed by atoms with Gasteiger partial charge in [-0.15, -0.1) is 0 Å². The highest BCUT2D eigenvalue weighted by atomic mass is 16.4. The standard InChI is InChI=1S/C15H22N2O2/c1-16-15(14(18)19,13-8-4-2-5-9-13)12-17-10-6-3-7-11-17/h2,4-5,8-9,16H,3,6-7,10-12H2,1H3,(H,18,19). The Bertz CT molecular complexity index is 415. The van der Waals surface area contributed by atoms with E-state index in [1.165, 1.54) is 6.42 Å². The number of aliphatic carboxylic acids is 1. The molecule has 1 saturated heterocycles. The lowest BCUT2D eigenvalue weighted by atomic mass is 9.88. The zero-order valence-corrected chi connectivity index (χ0v) is 11.4. The van der Waals surface area contributed by atoms with E-state index in [2.05, 4.69) is 10.2 Å². The molecule has 2 rings (SSSR count). The molecule has 0 bridgehead atoms. The Morgan fingerprint density at radius 1 is 1.26 bits per heavy atom. The van der Waals surface area contributed by atoms with Crippen molar-refractivity contribution in [3.8, 4) is 0 Å². The molecule has 1 atom stereocenters. The molecule has 1 aromatic carbocycles. The molecule has 1 aromatic rings. The van der Waals surface area contributed by atoms with Crippen molar-refractivity contribution in [1.82, 2.24) is 10.2 Å². The van der Waals surface area contributed by atoms with Crippen molar-refractivity contribution in [3.63, 3.8) is 0 Å². The minimum absolute atomic E-state index is 0.517. The summed E-state index contributed by atoms with van der Waals surface area (Å²) in [6.07, 6.45) is 3.57. The number of carbonyl (C=O) groups is 1. The lowest BCUT2D eigenvalue weighted by Gasteiger charge is -2.37. The number of carboxylic acids is 1. The molecule has 1 unspecified atom stereocenters. The summed E-state index contributed by atoms with van der Waals surface area (Å²) in [5, 5.41) is 12.8. The van der Waals surface area contributed by atoms with Crippen LogP contribution in [0.25, 0.3) is 0 Å². The van der Waals surface area contributed by atoms with Crippen LogP contribution in [-0.4, -0.2) is 42.7 Å². The predicted octanol–water partition coefficient (Wildman–Crippen LogP) is 1.67. The highest BCUT2D eigenvalue weighted by Crippen LogP contribution is 2.24. The molecule has 4 heteroatoms. The minimum atomic E-state index is -1.02. The van der Waals surface area contributed by atoms with E-state index in [0.717, 1.165) is 31.5 Å². The van der Waals surface area contributed by atoms with Gasteiger partial charge in [-0.3, -0.25) is 0 Å². The molecule has 1 fully saturated rings. The molecule has 0 amide bonds. The van der Waals surface area contributed by atoms with Crippen LogP contribution in [0.2, 0.25) is 0 Å². The molecule has 0 radical (unpaired) electrons. The first kappa shape index (κ1) is 14.0. The van der Waals surface area contributed by atoms with E-state index in [1.807, 2.05) is 30.3 Å². The SMILES string of the molecule is CNC(CN1CCCCC1)(C(=O)O)c1ccccc1. The fourth-order valence-electron chi connectivity index (χ4n) is 2.79. The van der Waals surface area contributed by atoms with Gasteiger partial charge in [0.05, 0.1) is 0 Å². The molecular weight excluding hydrogens is 240 g/mol. The first-order valence-electron chi connectivity index (χ1n) is 6.89. The second kappa shape index (κ2) is 6.17. The number of hydrogen-bond acceptors (Lipinski definition) is 3. The lowest BCUT2D eigenvalue weighted by Crippen LogP contribution is -2.55. The van der Waals surface area contributed by atoms with Crippen LogP contribution in [-0.2, 0) is 10.3 Å². The molecule has 4 nitrogen and oxygen atoms in total. The van der Waals surface area contributed by atoms with Crippen molar-refractivity contribution < 1.29 is 9.90 Å². The number of piperidine rings is 1. The number of likely N-dealkylation sites (N-methyl/N-ethyl adjacent to an activating group) is 1. The second-order valence-electron chi connectivity index (χ2n) is 5.16. The topological polar surface area (TPSA) is 52.6 Å². The van der Waals surface area contributed by atoms with Gasteiger partial charge in [0.15, 0.2) is 5.54 Å². The Morgan fingerprint density at radius 2 is 1.89 bits per heavy atom. The van der Waals surface area contributed by atoms with E-state index in [-0.39, 0.29) is 0 Å². The number of benzene rings is 1. The average Bonchev–Trinajstić information content (AvgIpc) is 2.46. The highest BCUT2D eigenvalue weighted by Gasteiger charge is 2.40. The molecule has 0 aliphatic carbocycles. The van der Waals surface area contributed by atoms with Gasteiger partial charge >= 0.3 is 5.97 Å². The van der Waals surface area contributed by atoms with Gasteiger partial charge < -0.3 is 15.3 Å². The summed E-state index contributed by atoms with van der Waals surface area (Å²) in [7, 11) is 1.73. The number of nitrogens with one attached hydrogen (secondary N) is 1. The van der Waals surface area contributed by atoms with Crippen LogP contribution in [0.4, 0.5) is 0 Å². The summed E-state index contributed by atoms with van der Waals surface area (Å²) in [6.45, 7) is 2.50. The monoisotopic (exact) mass is 262 g/mol. The zero-order chi connectivity index (χ0) is 13.7. The number of likely N-dealkylation sites (tertiary alicyclic amines) is 1. The van der Waals surface area contributed by atoms with Crippen molar-refractivity contribution in [2.45, 2.75) is 24.8 Å².